The molecule has 1 amide bonds. The van der Waals surface area contributed by atoms with E-state index in [0.29, 0.717) is 30.3 Å². The fourth-order valence-corrected chi connectivity index (χ4v) is 4.45. The van der Waals surface area contributed by atoms with Gasteiger partial charge in [-0.25, -0.2) is 0 Å². The van der Waals surface area contributed by atoms with Gasteiger partial charge in [0.05, 0.1) is 13.2 Å². The number of nitrogens with zero attached hydrogens (tertiary/aromatic N) is 1. The molecular weight excluding hydrogens is 336 g/mol. The molecule has 3 rings (SSSR count). The summed E-state index contributed by atoms with van der Waals surface area (Å²) in [5.41, 5.74) is 1.13. The van der Waals surface area contributed by atoms with E-state index >= 15 is 0 Å². The van der Waals surface area contributed by atoms with Crippen molar-refractivity contribution in [1.29, 1.82) is 0 Å². The molecule has 0 aliphatic carbocycles. The number of nitrogens with one attached hydrogen (secondary N) is 1. The van der Waals surface area contributed by atoms with Gasteiger partial charge in [0.15, 0.2) is 0 Å². The SMILES string of the molecule is CCN(C(=O)CC1CC2CCC(C1)N2)C(C)c1cccc(OC)c1.Cl. The Bertz CT molecular complexity index is 569. The zero-order valence-electron chi connectivity index (χ0n) is 15.5. The van der Waals surface area contributed by atoms with Crippen molar-refractivity contribution < 1.29 is 9.53 Å². The van der Waals surface area contributed by atoms with E-state index in [1.807, 2.05) is 23.1 Å². The van der Waals surface area contributed by atoms with Crippen LogP contribution >= 0.6 is 12.4 Å². The van der Waals surface area contributed by atoms with E-state index in [1.165, 1.54) is 12.8 Å². The molecule has 2 fully saturated rings. The molecule has 5 heteroatoms. The molecule has 1 N–H and O–H groups in total. The summed E-state index contributed by atoms with van der Waals surface area (Å²) in [6.07, 6.45) is 5.58. The van der Waals surface area contributed by atoms with Crippen LogP contribution in [0.1, 0.15) is 57.6 Å². The lowest BCUT2D eigenvalue weighted by molar-refractivity contribution is -0.134. The lowest BCUT2D eigenvalue weighted by Gasteiger charge is -2.33. The minimum absolute atomic E-state index is 0. The third-order valence-electron chi connectivity index (χ3n) is 5.74. The second-order valence-corrected chi connectivity index (χ2v) is 7.31. The molecule has 0 aromatic heterocycles. The number of carbonyl (C=O) groups is 1. The number of piperidine rings is 1. The number of methoxy groups -OCH3 is 1. The van der Waals surface area contributed by atoms with Crippen LogP contribution in [0.25, 0.3) is 0 Å². The second kappa shape index (κ2) is 8.91. The topological polar surface area (TPSA) is 41.6 Å². The summed E-state index contributed by atoms with van der Waals surface area (Å²) in [4.78, 5) is 14.9. The number of rotatable bonds is 6. The third-order valence-corrected chi connectivity index (χ3v) is 5.74. The Kier molecular flexibility index (Phi) is 7.14. The monoisotopic (exact) mass is 366 g/mol. The summed E-state index contributed by atoms with van der Waals surface area (Å²) in [6, 6.07) is 9.42. The van der Waals surface area contributed by atoms with Crippen molar-refractivity contribution in [2.45, 2.75) is 64.1 Å². The van der Waals surface area contributed by atoms with Gasteiger partial charge in [-0.15, -0.1) is 12.4 Å². The summed E-state index contributed by atoms with van der Waals surface area (Å²) in [5, 5.41) is 3.66. The van der Waals surface area contributed by atoms with Gasteiger partial charge in [-0.05, 0) is 63.1 Å². The zero-order valence-corrected chi connectivity index (χ0v) is 16.3. The van der Waals surface area contributed by atoms with Crippen molar-refractivity contribution in [2.75, 3.05) is 13.7 Å². The molecule has 2 aliphatic heterocycles. The summed E-state index contributed by atoms with van der Waals surface area (Å²) < 4.78 is 5.32. The van der Waals surface area contributed by atoms with E-state index in [-0.39, 0.29) is 18.4 Å². The molecule has 3 atom stereocenters. The molecule has 0 spiro atoms. The normalized spacial score (nSPS) is 25.8. The van der Waals surface area contributed by atoms with Crippen LogP contribution in [0.15, 0.2) is 24.3 Å². The quantitative estimate of drug-likeness (QED) is 0.828. The molecule has 2 aliphatic rings. The molecule has 3 unspecified atom stereocenters. The summed E-state index contributed by atoms with van der Waals surface area (Å²) in [6.45, 7) is 4.93. The Morgan fingerprint density at radius 3 is 2.60 bits per heavy atom. The van der Waals surface area contributed by atoms with Crippen LogP contribution < -0.4 is 10.1 Å². The van der Waals surface area contributed by atoms with Crippen LogP contribution in [0, 0.1) is 5.92 Å². The van der Waals surface area contributed by atoms with Crippen LogP contribution in [-0.4, -0.2) is 36.5 Å². The number of ether oxygens (including phenoxy) is 1. The predicted molar refractivity (Wildman–Crippen MR) is 103 cm³/mol. The molecular formula is C20H31ClN2O2. The van der Waals surface area contributed by atoms with Gasteiger partial charge in [-0.3, -0.25) is 4.79 Å². The van der Waals surface area contributed by atoms with E-state index < -0.39 is 0 Å². The lowest BCUT2D eigenvalue weighted by atomic mass is 9.89. The van der Waals surface area contributed by atoms with E-state index in [1.54, 1.807) is 7.11 Å². The van der Waals surface area contributed by atoms with Crippen molar-refractivity contribution in [1.82, 2.24) is 10.2 Å². The van der Waals surface area contributed by atoms with Gasteiger partial charge >= 0.3 is 0 Å². The minimum Gasteiger partial charge on any atom is -0.497 e. The Morgan fingerprint density at radius 1 is 1.32 bits per heavy atom. The molecule has 2 saturated heterocycles. The van der Waals surface area contributed by atoms with Gasteiger partial charge < -0.3 is 15.0 Å². The maximum atomic E-state index is 12.9. The average molecular weight is 367 g/mol. The highest BCUT2D eigenvalue weighted by Crippen LogP contribution is 2.34. The molecule has 0 radical (unpaired) electrons. The van der Waals surface area contributed by atoms with Crippen LogP contribution in [0.3, 0.4) is 0 Å². The van der Waals surface area contributed by atoms with E-state index in [2.05, 4.69) is 25.2 Å². The molecule has 1 aromatic rings. The second-order valence-electron chi connectivity index (χ2n) is 7.31. The molecule has 2 bridgehead atoms. The number of hydrogen-bond acceptors (Lipinski definition) is 3. The minimum atomic E-state index is 0. The van der Waals surface area contributed by atoms with Crippen molar-refractivity contribution in [3.8, 4) is 5.75 Å². The number of carbonyl (C=O) groups excluding carboxylic acids is 1. The van der Waals surface area contributed by atoms with Crippen LogP contribution in [0.5, 0.6) is 5.75 Å². The van der Waals surface area contributed by atoms with Crippen molar-refractivity contribution in [2.24, 2.45) is 5.92 Å². The third kappa shape index (κ3) is 4.68. The summed E-state index contributed by atoms with van der Waals surface area (Å²) in [5.74, 6) is 1.68. The fourth-order valence-electron chi connectivity index (χ4n) is 4.45. The summed E-state index contributed by atoms with van der Waals surface area (Å²) in [7, 11) is 1.68. The first-order valence-electron chi connectivity index (χ1n) is 9.30. The zero-order chi connectivity index (χ0) is 17.1. The smallest absolute Gasteiger partial charge is 0.223 e. The van der Waals surface area contributed by atoms with Gasteiger partial charge in [0.1, 0.15) is 5.75 Å². The maximum Gasteiger partial charge on any atom is 0.223 e. The van der Waals surface area contributed by atoms with Crippen LogP contribution in [0.2, 0.25) is 0 Å². The van der Waals surface area contributed by atoms with Gasteiger partial charge in [-0.2, -0.15) is 0 Å². The highest BCUT2D eigenvalue weighted by molar-refractivity contribution is 5.85. The number of amides is 1. The number of halogens is 1. The van der Waals surface area contributed by atoms with Crippen molar-refractivity contribution in [3.05, 3.63) is 29.8 Å². The molecule has 4 nitrogen and oxygen atoms in total. The van der Waals surface area contributed by atoms with Gasteiger partial charge in [0.2, 0.25) is 5.91 Å². The lowest BCUT2D eigenvalue weighted by Crippen LogP contribution is -2.41. The largest absolute Gasteiger partial charge is 0.497 e. The number of benzene rings is 1. The molecule has 140 valence electrons. The fraction of sp³-hybridized carbons (Fsp3) is 0.650. The highest BCUT2D eigenvalue weighted by Gasteiger charge is 2.35. The predicted octanol–water partition coefficient (Wildman–Crippen LogP) is 3.95. The molecule has 0 saturated carbocycles. The van der Waals surface area contributed by atoms with Gasteiger partial charge in [0, 0.05) is 25.0 Å². The maximum absolute atomic E-state index is 12.9. The first-order valence-corrected chi connectivity index (χ1v) is 9.30. The Labute approximate surface area is 157 Å². The Balaban J connectivity index is 0.00000225. The average Bonchev–Trinajstić information content (AvgIpc) is 2.94. The first kappa shape index (κ1) is 20.1. The molecule has 2 heterocycles. The van der Waals surface area contributed by atoms with Crippen molar-refractivity contribution >= 4 is 18.3 Å². The van der Waals surface area contributed by atoms with E-state index in [0.717, 1.165) is 30.7 Å². The van der Waals surface area contributed by atoms with Crippen LogP contribution in [-0.2, 0) is 4.79 Å². The molecule has 1 aromatic carbocycles. The van der Waals surface area contributed by atoms with Crippen LogP contribution in [0.4, 0.5) is 0 Å². The molecule has 25 heavy (non-hydrogen) atoms. The van der Waals surface area contributed by atoms with E-state index in [9.17, 15) is 4.79 Å². The van der Waals surface area contributed by atoms with Crippen molar-refractivity contribution in [3.63, 3.8) is 0 Å². The van der Waals surface area contributed by atoms with Gasteiger partial charge in [-0.1, -0.05) is 12.1 Å². The number of hydrogen-bond donors (Lipinski definition) is 1. The Morgan fingerprint density at radius 2 is 2.00 bits per heavy atom. The highest BCUT2D eigenvalue weighted by atomic mass is 35.5. The first-order chi connectivity index (χ1) is 11.6. The standard InChI is InChI=1S/C20H30N2O2.ClH/c1-4-22(14(2)16-6-5-7-19(13-16)24-3)20(23)12-15-10-17-8-9-18(11-15)21-17;/h5-7,13-15,17-18,21H,4,8-12H2,1-3H3;1H. The Hall–Kier alpha value is -1.26. The van der Waals surface area contributed by atoms with Gasteiger partial charge in [0.25, 0.3) is 0 Å². The van der Waals surface area contributed by atoms with E-state index in [4.69, 9.17) is 4.74 Å². The summed E-state index contributed by atoms with van der Waals surface area (Å²) >= 11 is 0. The number of fused-ring (bicyclic) bond motifs is 2.